The fraction of sp³-hybridized carbons (Fsp3) is 0.103. The number of ketones is 1. The number of aromatic nitrogens is 1. The lowest BCUT2D eigenvalue weighted by Crippen LogP contribution is -2.19. The molecule has 2 aromatic carbocycles. The van der Waals surface area contributed by atoms with Crippen molar-refractivity contribution in [1.29, 1.82) is 0 Å². The number of esters is 1. The van der Waals surface area contributed by atoms with Crippen LogP contribution >= 0.6 is 23.6 Å². The monoisotopic (exact) mass is 621 g/mol. The molecule has 0 radical (unpaired) electrons. The minimum absolute atomic E-state index is 0.0756. The van der Waals surface area contributed by atoms with Gasteiger partial charge in [-0.1, -0.05) is 6.07 Å². The third-order valence-corrected chi connectivity index (χ3v) is 8.69. The molecule has 42 heavy (non-hydrogen) atoms. The van der Waals surface area contributed by atoms with Gasteiger partial charge in [-0.25, -0.2) is 18.2 Å². The van der Waals surface area contributed by atoms with Crippen LogP contribution in [-0.2, 0) is 14.8 Å². The fourth-order valence-corrected chi connectivity index (χ4v) is 5.98. The van der Waals surface area contributed by atoms with Crippen LogP contribution in [0, 0.1) is 13.8 Å². The van der Waals surface area contributed by atoms with Crippen molar-refractivity contribution in [3.63, 3.8) is 0 Å². The van der Waals surface area contributed by atoms with Crippen LogP contribution in [0.1, 0.15) is 31.2 Å². The lowest BCUT2D eigenvalue weighted by molar-refractivity contribution is 0.0601. The van der Waals surface area contributed by atoms with Crippen molar-refractivity contribution in [3.05, 3.63) is 107 Å². The van der Waals surface area contributed by atoms with Crippen molar-refractivity contribution in [3.8, 4) is 0 Å². The lowest BCUT2D eigenvalue weighted by Gasteiger charge is -2.12. The Morgan fingerprint density at radius 3 is 2.19 bits per heavy atom. The summed E-state index contributed by atoms with van der Waals surface area (Å²) in [5.41, 5.74) is 2.98. The van der Waals surface area contributed by atoms with Gasteiger partial charge in [0.05, 0.1) is 17.6 Å². The molecule has 0 spiro atoms. The van der Waals surface area contributed by atoms with E-state index in [0.717, 1.165) is 10.4 Å². The van der Waals surface area contributed by atoms with Gasteiger partial charge >= 0.3 is 5.97 Å². The number of thiocarbonyl (C=S) groups is 1. The number of rotatable bonds is 10. The summed E-state index contributed by atoms with van der Waals surface area (Å²) in [5.74, 6) is -0.441. The van der Waals surface area contributed by atoms with Gasteiger partial charge in [-0.05, 0) is 92.3 Å². The van der Waals surface area contributed by atoms with Gasteiger partial charge in [0.2, 0.25) is 0 Å². The Hall–Kier alpha value is -4.59. The van der Waals surface area contributed by atoms with E-state index in [1.54, 1.807) is 54.6 Å². The first-order chi connectivity index (χ1) is 20.1. The summed E-state index contributed by atoms with van der Waals surface area (Å²) in [6.07, 6.45) is 4.38. The Balaban J connectivity index is 1.31. The molecular weight excluding hydrogens is 595 g/mol. The number of benzene rings is 2. The summed E-state index contributed by atoms with van der Waals surface area (Å²) >= 11 is 6.78. The Morgan fingerprint density at radius 2 is 1.60 bits per heavy atom. The van der Waals surface area contributed by atoms with Crippen LogP contribution < -0.4 is 20.7 Å². The average Bonchev–Trinajstić information content (AvgIpc) is 3.26. The minimum atomic E-state index is -3.79. The number of nitrogens with zero attached hydrogens (tertiary/aromatic N) is 1. The maximum absolute atomic E-state index is 12.6. The molecule has 0 saturated carbocycles. The van der Waals surface area contributed by atoms with Crippen molar-refractivity contribution in [1.82, 2.24) is 4.98 Å². The van der Waals surface area contributed by atoms with Crippen molar-refractivity contribution < 1.29 is 22.7 Å². The molecule has 0 saturated heterocycles. The van der Waals surface area contributed by atoms with E-state index in [4.69, 9.17) is 17.0 Å². The molecule has 0 bridgehead atoms. The molecule has 0 aliphatic rings. The zero-order valence-electron chi connectivity index (χ0n) is 22.8. The topological polar surface area (TPSA) is 139 Å². The second-order valence-corrected chi connectivity index (χ2v) is 12.1. The Kier molecular flexibility index (Phi) is 9.68. The standard InChI is InChI=1S/C29H27N5O5S3/c1-18-19(2)41-27(26(18)28(36)39-3)31-17-15-24(35)20-7-9-21(10-8-20)32-29(40)33-22-11-13-23(14-12-22)42(37,38)34-25-6-4-5-16-30-25/h4-17,31H,1-3H3,(H,30,34)(H2,32,33,40)/b17-15+. The van der Waals surface area contributed by atoms with E-state index in [2.05, 4.69) is 25.7 Å². The predicted molar refractivity (Wildman–Crippen MR) is 170 cm³/mol. The second kappa shape index (κ2) is 13.4. The number of thiophene rings is 1. The highest BCUT2D eigenvalue weighted by atomic mass is 32.2. The van der Waals surface area contributed by atoms with Gasteiger partial charge in [-0.2, -0.15) is 0 Å². The number of carbonyl (C=O) groups excluding carboxylic acids is 2. The first kappa shape index (κ1) is 30.4. The van der Waals surface area contributed by atoms with Crippen LogP contribution in [0.3, 0.4) is 0 Å². The lowest BCUT2D eigenvalue weighted by atomic mass is 10.1. The number of sulfonamides is 1. The van der Waals surface area contributed by atoms with E-state index in [1.807, 2.05) is 13.8 Å². The number of methoxy groups -OCH3 is 1. The van der Waals surface area contributed by atoms with E-state index in [1.165, 1.54) is 49.1 Å². The number of hydrogen-bond donors (Lipinski definition) is 4. The van der Waals surface area contributed by atoms with E-state index < -0.39 is 16.0 Å². The van der Waals surface area contributed by atoms with E-state index in [-0.39, 0.29) is 21.6 Å². The first-order valence-corrected chi connectivity index (χ1v) is 15.2. The van der Waals surface area contributed by atoms with Crippen molar-refractivity contribution in [2.24, 2.45) is 0 Å². The normalized spacial score (nSPS) is 11.1. The Labute approximate surface area is 252 Å². The number of anilines is 4. The number of pyridine rings is 1. The van der Waals surface area contributed by atoms with Gasteiger partial charge in [0.15, 0.2) is 10.9 Å². The van der Waals surface area contributed by atoms with Crippen LogP contribution in [-0.4, -0.2) is 37.4 Å². The van der Waals surface area contributed by atoms with Gasteiger partial charge < -0.3 is 20.7 Å². The number of allylic oxidation sites excluding steroid dienone is 1. The fourth-order valence-electron chi connectivity index (χ4n) is 3.71. The molecule has 0 fully saturated rings. The number of ether oxygens (including phenoxy) is 1. The average molecular weight is 622 g/mol. The highest BCUT2D eigenvalue weighted by Crippen LogP contribution is 2.33. The van der Waals surface area contributed by atoms with E-state index in [9.17, 15) is 18.0 Å². The Morgan fingerprint density at radius 1 is 0.952 bits per heavy atom. The quantitative estimate of drug-likeness (QED) is 0.0726. The summed E-state index contributed by atoms with van der Waals surface area (Å²) in [5, 5.41) is 9.93. The zero-order valence-corrected chi connectivity index (χ0v) is 25.2. The van der Waals surface area contributed by atoms with Crippen LogP contribution in [0.5, 0.6) is 0 Å². The maximum Gasteiger partial charge on any atom is 0.341 e. The summed E-state index contributed by atoms with van der Waals surface area (Å²) in [6, 6.07) is 17.8. The molecule has 13 heteroatoms. The van der Waals surface area contributed by atoms with Crippen molar-refractivity contribution >= 4 is 72.6 Å². The summed E-state index contributed by atoms with van der Waals surface area (Å²) in [7, 11) is -2.46. The molecule has 2 heterocycles. The SMILES string of the molecule is COC(=O)c1c(N/C=C/C(=O)c2ccc(NC(=S)Nc3ccc(S(=O)(=O)Nc4ccccn4)cc3)cc2)sc(C)c1C. The molecule has 216 valence electrons. The van der Waals surface area contributed by atoms with Gasteiger partial charge in [0, 0.05) is 40.3 Å². The molecule has 0 aliphatic carbocycles. The van der Waals surface area contributed by atoms with Crippen LogP contribution in [0.4, 0.5) is 22.2 Å². The van der Waals surface area contributed by atoms with Crippen LogP contribution in [0.2, 0.25) is 0 Å². The number of nitrogens with one attached hydrogen (secondary N) is 4. The van der Waals surface area contributed by atoms with Gasteiger partial charge in [-0.15, -0.1) is 11.3 Å². The van der Waals surface area contributed by atoms with Gasteiger partial charge in [0.1, 0.15) is 10.8 Å². The van der Waals surface area contributed by atoms with E-state index in [0.29, 0.717) is 27.5 Å². The molecule has 4 aromatic rings. The number of carbonyl (C=O) groups is 2. The third kappa shape index (κ3) is 7.57. The molecular formula is C29H27N5O5S3. The molecule has 0 amide bonds. The highest BCUT2D eigenvalue weighted by molar-refractivity contribution is 7.92. The zero-order chi connectivity index (χ0) is 30.3. The molecule has 0 unspecified atom stereocenters. The summed E-state index contributed by atoms with van der Waals surface area (Å²) in [6.45, 7) is 3.76. The number of aryl methyl sites for hydroxylation is 1. The second-order valence-electron chi connectivity index (χ2n) is 8.82. The molecule has 4 rings (SSSR count). The Bertz CT molecular complexity index is 1730. The molecule has 0 aliphatic heterocycles. The van der Waals surface area contributed by atoms with Crippen molar-refractivity contribution in [2.45, 2.75) is 18.7 Å². The minimum Gasteiger partial charge on any atom is -0.465 e. The maximum atomic E-state index is 12.6. The highest BCUT2D eigenvalue weighted by Gasteiger charge is 2.19. The first-order valence-electron chi connectivity index (χ1n) is 12.4. The molecule has 2 aromatic heterocycles. The summed E-state index contributed by atoms with van der Waals surface area (Å²) in [4.78, 5) is 29.8. The molecule has 4 N–H and O–H groups in total. The largest absolute Gasteiger partial charge is 0.465 e. The molecule has 0 atom stereocenters. The van der Waals surface area contributed by atoms with E-state index >= 15 is 0 Å². The predicted octanol–water partition coefficient (Wildman–Crippen LogP) is 5.96. The van der Waals surface area contributed by atoms with Crippen LogP contribution in [0.15, 0.2) is 90.1 Å². The molecule has 10 nitrogen and oxygen atoms in total. The summed E-state index contributed by atoms with van der Waals surface area (Å²) < 4.78 is 32.4. The van der Waals surface area contributed by atoms with Gasteiger partial charge in [-0.3, -0.25) is 9.52 Å². The number of hydrogen-bond acceptors (Lipinski definition) is 9. The van der Waals surface area contributed by atoms with Crippen molar-refractivity contribution in [2.75, 3.05) is 27.8 Å². The smallest absolute Gasteiger partial charge is 0.341 e. The third-order valence-electron chi connectivity index (χ3n) is 5.98. The van der Waals surface area contributed by atoms with Crippen LogP contribution in [0.25, 0.3) is 0 Å². The van der Waals surface area contributed by atoms with Gasteiger partial charge in [0.25, 0.3) is 10.0 Å².